The average molecular weight is 409 g/mol. The van der Waals surface area contributed by atoms with Crippen LogP contribution in [0.3, 0.4) is 0 Å². The summed E-state index contributed by atoms with van der Waals surface area (Å²) in [6.07, 6.45) is 0. The van der Waals surface area contributed by atoms with Gasteiger partial charge in [-0.05, 0) is 55.7 Å². The number of aryl methyl sites for hydroxylation is 3. The van der Waals surface area contributed by atoms with Gasteiger partial charge in [-0.15, -0.1) is 0 Å². The van der Waals surface area contributed by atoms with Gasteiger partial charge in [0.25, 0.3) is 15.9 Å². The quantitative estimate of drug-likeness (QED) is 0.637. The molecule has 5 nitrogen and oxygen atoms in total. The predicted molar refractivity (Wildman–Crippen MR) is 116 cm³/mol. The van der Waals surface area contributed by atoms with Crippen LogP contribution < -0.4 is 10.0 Å². The van der Waals surface area contributed by atoms with Crippen LogP contribution in [0.15, 0.2) is 71.6 Å². The molecular weight excluding hydrogens is 384 g/mol. The Morgan fingerprint density at radius 2 is 1.55 bits per heavy atom. The van der Waals surface area contributed by atoms with Gasteiger partial charge in [-0.3, -0.25) is 9.52 Å². The fourth-order valence-corrected chi connectivity index (χ4v) is 4.04. The largest absolute Gasteiger partial charge is 0.348 e. The Morgan fingerprint density at radius 1 is 0.862 bits per heavy atom. The lowest BCUT2D eigenvalue weighted by Gasteiger charge is -2.13. The number of hydrogen-bond donors (Lipinski definition) is 2. The molecule has 0 aliphatic carbocycles. The Labute approximate surface area is 171 Å². The Hall–Kier alpha value is -3.12. The van der Waals surface area contributed by atoms with E-state index in [-0.39, 0.29) is 10.8 Å². The number of benzene rings is 3. The minimum Gasteiger partial charge on any atom is -0.348 e. The molecule has 0 bridgehead atoms. The highest BCUT2D eigenvalue weighted by Crippen LogP contribution is 2.21. The summed E-state index contributed by atoms with van der Waals surface area (Å²) in [4.78, 5) is 12.7. The number of para-hydroxylation sites is 1. The Balaban J connectivity index is 1.80. The maximum atomic E-state index is 12.8. The summed E-state index contributed by atoms with van der Waals surface area (Å²) >= 11 is 0. The van der Waals surface area contributed by atoms with Gasteiger partial charge in [0.1, 0.15) is 0 Å². The van der Waals surface area contributed by atoms with Crippen molar-refractivity contribution >= 4 is 21.6 Å². The van der Waals surface area contributed by atoms with E-state index < -0.39 is 10.0 Å². The molecule has 0 radical (unpaired) electrons. The normalized spacial score (nSPS) is 11.1. The lowest BCUT2D eigenvalue weighted by molar-refractivity contribution is 0.0950. The van der Waals surface area contributed by atoms with Crippen LogP contribution in [0.2, 0.25) is 0 Å². The van der Waals surface area contributed by atoms with Crippen LogP contribution in [0, 0.1) is 20.8 Å². The molecule has 3 aromatic carbocycles. The molecule has 150 valence electrons. The highest BCUT2D eigenvalue weighted by molar-refractivity contribution is 7.92. The predicted octanol–water partition coefficient (Wildman–Crippen LogP) is 4.34. The van der Waals surface area contributed by atoms with Crippen LogP contribution in [0.1, 0.15) is 32.6 Å². The molecule has 3 aromatic rings. The third kappa shape index (κ3) is 5.03. The van der Waals surface area contributed by atoms with Crippen molar-refractivity contribution in [2.24, 2.45) is 0 Å². The minimum atomic E-state index is -3.81. The lowest BCUT2D eigenvalue weighted by atomic mass is 10.1. The number of nitrogens with one attached hydrogen (secondary N) is 2. The Morgan fingerprint density at radius 3 is 2.24 bits per heavy atom. The maximum Gasteiger partial charge on any atom is 0.261 e. The summed E-state index contributed by atoms with van der Waals surface area (Å²) in [5.41, 5.74) is 4.50. The van der Waals surface area contributed by atoms with Crippen molar-refractivity contribution < 1.29 is 13.2 Å². The average Bonchev–Trinajstić information content (AvgIpc) is 2.69. The second kappa shape index (κ2) is 8.49. The molecule has 3 rings (SSSR count). The molecule has 0 saturated heterocycles. The fraction of sp³-hybridized carbons (Fsp3) is 0.174. The van der Waals surface area contributed by atoms with Gasteiger partial charge in [-0.25, -0.2) is 8.42 Å². The first-order chi connectivity index (χ1) is 13.8. The standard InChI is InChI=1S/C23H24N2O3S/c1-16-8-11-19(12-9-16)15-24-23(26)21-14-20(13-10-17(21)2)29(27,28)25-22-7-5-4-6-18(22)3/h4-14,25H,15H2,1-3H3,(H,24,26). The number of sulfonamides is 1. The minimum absolute atomic E-state index is 0.0480. The zero-order valence-corrected chi connectivity index (χ0v) is 17.5. The van der Waals surface area contributed by atoms with E-state index >= 15 is 0 Å². The van der Waals surface area contributed by atoms with Crippen molar-refractivity contribution in [1.29, 1.82) is 0 Å². The number of hydrogen-bond acceptors (Lipinski definition) is 3. The van der Waals surface area contributed by atoms with Crippen LogP contribution in [0.4, 0.5) is 5.69 Å². The number of carbonyl (C=O) groups excluding carboxylic acids is 1. The first kappa shape index (κ1) is 20.6. The first-order valence-corrected chi connectivity index (χ1v) is 10.8. The van der Waals surface area contributed by atoms with Crippen molar-refractivity contribution in [2.75, 3.05) is 4.72 Å². The van der Waals surface area contributed by atoms with E-state index in [4.69, 9.17) is 0 Å². The zero-order valence-electron chi connectivity index (χ0n) is 16.7. The molecule has 0 aliphatic rings. The number of anilines is 1. The van der Waals surface area contributed by atoms with Crippen LogP contribution >= 0.6 is 0 Å². The van der Waals surface area contributed by atoms with Gasteiger partial charge in [0.15, 0.2) is 0 Å². The monoisotopic (exact) mass is 408 g/mol. The summed E-state index contributed by atoms with van der Waals surface area (Å²) in [6, 6.07) is 19.6. The second-order valence-electron chi connectivity index (χ2n) is 7.07. The zero-order chi connectivity index (χ0) is 21.0. The molecule has 1 amide bonds. The van der Waals surface area contributed by atoms with Gasteiger partial charge in [0, 0.05) is 12.1 Å². The Kier molecular flexibility index (Phi) is 6.03. The van der Waals surface area contributed by atoms with Crippen molar-refractivity contribution in [3.8, 4) is 0 Å². The summed E-state index contributed by atoms with van der Waals surface area (Å²) in [5.74, 6) is -0.309. The van der Waals surface area contributed by atoms with Crippen LogP contribution in [0.5, 0.6) is 0 Å². The van der Waals surface area contributed by atoms with E-state index in [0.717, 1.165) is 16.7 Å². The molecule has 0 aromatic heterocycles. The van der Waals surface area contributed by atoms with Gasteiger partial charge in [-0.2, -0.15) is 0 Å². The summed E-state index contributed by atoms with van der Waals surface area (Å²) in [7, 11) is -3.81. The topological polar surface area (TPSA) is 75.3 Å². The third-order valence-electron chi connectivity index (χ3n) is 4.73. The summed E-state index contributed by atoms with van der Waals surface area (Å²) in [6.45, 7) is 5.99. The van der Waals surface area contributed by atoms with Crippen LogP contribution in [-0.4, -0.2) is 14.3 Å². The molecule has 29 heavy (non-hydrogen) atoms. The van der Waals surface area contributed by atoms with Crippen LogP contribution in [0.25, 0.3) is 0 Å². The molecule has 0 atom stereocenters. The van der Waals surface area contributed by atoms with Crippen molar-refractivity contribution in [3.05, 3.63) is 94.5 Å². The van der Waals surface area contributed by atoms with Crippen molar-refractivity contribution in [3.63, 3.8) is 0 Å². The first-order valence-electron chi connectivity index (χ1n) is 9.29. The van der Waals surface area contributed by atoms with E-state index in [0.29, 0.717) is 23.4 Å². The van der Waals surface area contributed by atoms with Gasteiger partial charge >= 0.3 is 0 Å². The summed E-state index contributed by atoms with van der Waals surface area (Å²) < 4.78 is 28.2. The molecular formula is C23H24N2O3S. The van der Waals surface area contributed by atoms with Gasteiger partial charge in [0.05, 0.1) is 10.6 Å². The molecule has 0 fully saturated rings. The van der Waals surface area contributed by atoms with E-state index in [1.165, 1.54) is 12.1 Å². The number of rotatable bonds is 6. The van der Waals surface area contributed by atoms with E-state index in [9.17, 15) is 13.2 Å². The van der Waals surface area contributed by atoms with Gasteiger partial charge in [0.2, 0.25) is 0 Å². The van der Waals surface area contributed by atoms with Crippen molar-refractivity contribution in [1.82, 2.24) is 5.32 Å². The van der Waals surface area contributed by atoms with Crippen LogP contribution in [-0.2, 0) is 16.6 Å². The smallest absolute Gasteiger partial charge is 0.261 e. The van der Waals surface area contributed by atoms with Gasteiger partial charge < -0.3 is 5.32 Å². The molecule has 0 aliphatic heterocycles. The van der Waals surface area contributed by atoms with Crippen molar-refractivity contribution in [2.45, 2.75) is 32.2 Å². The third-order valence-corrected chi connectivity index (χ3v) is 6.09. The molecule has 0 heterocycles. The molecule has 0 spiro atoms. The highest BCUT2D eigenvalue weighted by Gasteiger charge is 2.19. The maximum absolute atomic E-state index is 12.8. The highest BCUT2D eigenvalue weighted by atomic mass is 32.2. The second-order valence-corrected chi connectivity index (χ2v) is 8.75. The SMILES string of the molecule is Cc1ccc(CNC(=O)c2cc(S(=O)(=O)Nc3ccccc3C)ccc2C)cc1. The Bertz CT molecular complexity index is 1140. The number of carbonyl (C=O) groups is 1. The molecule has 0 unspecified atom stereocenters. The lowest BCUT2D eigenvalue weighted by Crippen LogP contribution is -2.24. The van der Waals surface area contributed by atoms with E-state index in [2.05, 4.69) is 10.0 Å². The van der Waals surface area contributed by atoms with Gasteiger partial charge in [-0.1, -0.05) is 54.1 Å². The van der Waals surface area contributed by atoms with E-state index in [1.54, 1.807) is 25.1 Å². The molecule has 6 heteroatoms. The van der Waals surface area contributed by atoms with E-state index in [1.807, 2.05) is 50.2 Å². The molecule has 0 saturated carbocycles. The number of amides is 1. The fourth-order valence-electron chi connectivity index (χ4n) is 2.89. The summed E-state index contributed by atoms with van der Waals surface area (Å²) in [5, 5.41) is 2.86. The molecule has 2 N–H and O–H groups in total.